The van der Waals surface area contributed by atoms with Crippen molar-refractivity contribution in [2.45, 2.75) is 13.0 Å². The molecule has 1 saturated heterocycles. The van der Waals surface area contributed by atoms with Gasteiger partial charge in [0.25, 0.3) is 0 Å². The summed E-state index contributed by atoms with van der Waals surface area (Å²) in [4.78, 5) is 10.5. The van der Waals surface area contributed by atoms with Crippen molar-refractivity contribution in [3.8, 4) is 0 Å². The molecule has 1 aliphatic heterocycles. The average molecular weight is 221 g/mol. The van der Waals surface area contributed by atoms with Crippen molar-refractivity contribution >= 4 is 11.8 Å². The Morgan fingerprint density at radius 1 is 1.69 bits per heavy atom. The van der Waals surface area contributed by atoms with Gasteiger partial charge in [-0.25, -0.2) is 9.97 Å². The van der Waals surface area contributed by atoms with Gasteiger partial charge in [-0.05, 0) is 13.0 Å². The van der Waals surface area contributed by atoms with Gasteiger partial charge in [0.05, 0.1) is 19.3 Å². The summed E-state index contributed by atoms with van der Waals surface area (Å²) in [5, 5.41) is 7.34. The van der Waals surface area contributed by atoms with Gasteiger partial charge in [-0.2, -0.15) is 0 Å². The lowest BCUT2D eigenvalue weighted by Gasteiger charge is -2.33. The Bertz CT molecular complexity index is 395. The first-order valence-corrected chi connectivity index (χ1v) is 5.20. The number of hydrogen-bond donors (Lipinski definition) is 2. The number of nitrogen functional groups attached to an aromatic ring is 1. The van der Waals surface area contributed by atoms with E-state index in [1.54, 1.807) is 12.3 Å². The first-order valence-electron chi connectivity index (χ1n) is 5.20. The Labute approximate surface area is 94.0 Å². The smallest absolute Gasteiger partial charge is 0.226 e. The Hall–Kier alpha value is -1.69. The Morgan fingerprint density at radius 3 is 3.19 bits per heavy atom. The van der Waals surface area contributed by atoms with Crippen LogP contribution in [0.1, 0.15) is 12.6 Å². The molecule has 0 spiro atoms. The maximum absolute atomic E-state index is 7.34. The third-order valence-corrected chi connectivity index (χ3v) is 2.54. The lowest BCUT2D eigenvalue weighted by molar-refractivity contribution is 0.0981. The third kappa shape index (κ3) is 2.11. The van der Waals surface area contributed by atoms with E-state index >= 15 is 0 Å². The highest BCUT2D eigenvalue weighted by Gasteiger charge is 2.21. The van der Waals surface area contributed by atoms with Crippen LogP contribution in [0, 0.1) is 5.41 Å². The summed E-state index contributed by atoms with van der Waals surface area (Å²) in [5.74, 6) is 0.577. The van der Waals surface area contributed by atoms with Gasteiger partial charge in [0.2, 0.25) is 5.95 Å². The molecule has 1 aromatic rings. The molecule has 0 bridgehead atoms. The Morgan fingerprint density at radius 2 is 2.50 bits per heavy atom. The number of amidine groups is 1. The van der Waals surface area contributed by atoms with Gasteiger partial charge in [-0.15, -0.1) is 0 Å². The van der Waals surface area contributed by atoms with E-state index in [-0.39, 0.29) is 11.9 Å². The van der Waals surface area contributed by atoms with Gasteiger partial charge >= 0.3 is 0 Å². The summed E-state index contributed by atoms with van der Waals surface area (Å²) < 4.78 is 5.35. The van der Waals surface area contributed by atoms with E-state index < -0.39 is 0 Å². The molecule has 0 saturated carbocycles. The molecule has 2 heterocycles. The number of morpholine rings is 1. The molecule has 0 radical (unpaired) electrons. The second-order valence-corrected chi connectivity index (χ2v) is 3.77. The predicted octanol–water partition coefficient (Wildman–Crippen LogP) is -0.0142. The van der Waals surface area contributed by atoms with Gasteiger partial charge in [0, 0.05) is 12.7 Å². The van der Waals surface area contributed by atoms with Gasteiger partial charge in [0.1, 0.15) is 11.5 Å². The van der Waals surface area contributed by atoms with Gasteiger partial charge in [0.15, 0.2) is 0 Å². The van der Waals surface area contributed by atoms with Crippen molar-refractivity contribution in [2.75, 3.05) is 24.7 Å². The molecule has 1 aromatic heterocycles. The Kier molecular flexibility index (Phi) is 3.00. The maximum atomic E-state index is 7.34. The number of rotatable bonds is 2. The number of nitrogens with one attached hydrogen (secondary N) is 1. The number of nitrogens with two attached hydrogens (primary N) is 1. The molecule has 16 heavy (non-hydrogen) atoms. The van der Waals surface area contributed by atoms with Crippen LogP contribution < -0.4 is 10.6 Å². The molecule has 86 valence electrons. The highest BCUT2D eigenvalue weighted by Crippen LogP contribution is 2.14. The van der Waals surface area contributed by atoms with Crippen molar-refractivity contribution in [3.63, 3.8) is 0 Å². The predicted molar refractivity (Wildman–Crippen MR) is 60.7 cm³/mol. The van der Waals surface area contributed by atoms with Crippen LogP contribution in [-0.4, -0.2) is 41.6 Å². The first kappa shape index (κ1) is 10.8. The summed E-state index contributed by atoms with van der Waals surface area (Å²) >= 11 is 0. The van der Waals surface area contributed by atoms with E-state index in [4.69, 9.17) is 15.9 Å². The van der Waals surface area contributed by atoms with Gasteiger partial charge in [-0.1, -0.05) is 0 Å². The monoisotopic (exact) mass is 221 g/mol. The van der Waals surface area contributed by atoms with Crippen LogP contribution in [0.5, 0.6) is 0 Å². The maximum Gasteiger partial charge on any atom is 0.226 e. The zero-order valence-corrected chi connectivity index (χ0v) is 9.18. The number of anilines is 1. The zero-order valence-electron chi connectivity index (χ0n) is 9.18. The number of nitrogens with zero attached hydrogens (tertiary/aromatic N) is 3. The van der Waals surface area contributed by atoms with E-state index in [2.05, 4.69) is 21.8 Å². The van der Waals surface area contributed by atoms with Crippen molar-refractivity contribution < 1.29 is 4.74 Å². The van der Waals surface area contributed by atoms with Crippen LogP contribution in [0.2, 0.25) is 0 Å². The molecule has 3 N–H and O–H groups in total. The minimum Gasteiger partial charge on any atom is -0.382 e. The zero-order chi connectivity index (χ0) is 11.5. The lowest BCUT2D eigenvalue weighted by atomic mass is 10.3. The van der Waals surface area contributed by atoms with Crippen LogP contribution in [0.15, 0.2) is 12.3 Å². The van der Waals surface area contributed by atoms with Crippen LogP contribution >= 0.6 is 0 Å². The van der Waals surface area contributed by atoms with E-state index in [1.165, 1.54) is 0 Å². The fourth-order valence-electron chi connectivity index (χ4n) is 1.66. The largest absolute Gasteiger partial charge is 0.382 e. The number of hydrogen-bond acceptors (Lipinski definition) is 5. The quantitative estimate of drug-likeness (QED) is 0.541. The van der Waals surface area contributed by atoms with Crippen molar-refractivity contribution in [2.24, 2.45) is 5.73 Å². The van der Waals surface area contributed by atoms with Gasteiger partial charge < -0.3 is 15.4 Å². The Balaban J connectivity index is 2.25. The summed E-state index contributed by atoms with van der Waals surface area (Å²) in [7, 11) is 0. The van der Waals surface area contributed by atoms with Crippen LogP contribution in [0.4, 0.5) is 5.95 Å². The molecular formula is C10H15N5O. The average Bonchev–Trinajstić information content (AvgIpc) is 2.30. The molecule has 1 fully saturated rings. The van der Waals surface area contributed by atoms with Crippen molar-refractivity contribution in [3.05, 3.63) is 18.0 Å². The minimum absolute atomic E-state index is 0.0374. The molecule has 1 unspecified atom stereocenters. The van der Waals surface area contributed by atoms with Crippen LogP contribution in [0.25, 0.3) is 0 Å². The summed E-state index contributed by atoms with van der Waals surface area (Å²) in [5.41, 5.74) is 5.86. The highest BCUT2D eigenvalue weighted by atomic mass is 16.5. The normalized spacial score (nSPS) is 20.8. The fraction of sp³-hybridized carbons (Fsp3) is 0.500. The van der Waals surface area contributed by atoms with Crippen LogP contribution in [-0.2, 0) is 4.74 Å². The molecule has 6 heteroatoms. The standard InChI is InChI=1S/C10H15N5O/c1-7-6-16-5-4-15(7)10-13-3-2-8(14-10)9(11)12/h2-3,7H,4-6H2,1H3,(H3,11,12). The molecule has 1 aliphatic rings. The summed E-state index contributed by atoms with van der Waals surface area (Å²) in [6.07, 6.45) is 1.63. The van der Waals surface area contributed by atoms with Crippen molar-refractivity contribution in [1.29, 1.82) is 5.41 Å². The van der Waals surface area contributed by atoms with E-state index in [0.29, 0.717) is 24.9 Å². The highest BCUT2D eigenvalue weighted by molar-refractivity contribution is 5.93. The second-order valence-electron chi connectivity index (χ2n) is 3.77. The molecular weight excluding hydrogens is 206 g/mol. The SMILES string of the molecule is CC1COCCN1c1nccc(C(=N)N)n1. The van der Waals surface area contributed by atoms with E-state index in [0.717, 1.165) is 6.54 Å². The summed E-state index contributed by atoms with van der Waals surface area (Å²) in [6, 6.07) is 1.88. The van der Waals surface area contributed by atoms with Crippen LogP contribution in [0.3, 0.4) is 0 Å². The molecule has 1 atom stereocenters. The summed E-state index contributed by atoms with van der Waals surface area (Å²) in [6.45, 7) is 4.18. The first-order chi connectivity index (χ1) is 7.68. The topological polar surface area (TPSA) is 88.1 Å². The second kappa shape index (κ2) is 4.44. The van der Waals surface area contributed by atoms with E-state index in [1.807, 2.05) is 0 Å². The molecule has 0 amide bonds. The molecule has 2 rings (SSSR count). The minimum atomic E-state index is -0.0374. The lowest BCUT2D eigenvalue weighted by Crippen LogP contribution is -2.44. The fourth-order valence-corrected chi connectivity index (χ4v) is 1.66. The van der Waals surface area contributed by atoms with E-state index in [9.17, 15) is 0 Å². The number of ether oxygens (including phenoxy) is 1. The molecule has 6 nitrogen and oxygen atoms in total. The van der Waals surface area contributed by atoms with Crippen molar-refractivity contribution in [1.82, 2.24) is 9.97 Å². The molecule has 0 aromatic carbocycles. The molecule has 0 aliphatic carbocycles. The number of aromatic nitrogens is 2. The van der Waals surface area contributed by atoms with Gasteiger partial charge in [-0.3, -0.25) is 5.41 Å². The third-order valence-electron chi connectivity index (χ3n) is 2.54.